The van der Waals surface area contributed by atoms with E-state index in [9.17, 15) is 24.3 Å². The second-order valence-electron chi connectivity index (χ2n) is 10.6. The quantitative estimate of drug-likeness (QED) is 0.0486. The number of ether oxygens (including phenoxy) is 3. The minimum absolute atomic E-state index is 0.0213. The number of rotatable bonds is 17. The third kappa shape index (κ3) is 8.70. The Morgan fingerprint density at radius 1 is 0.935 bits per heavy atom. The predicted molar refractivity (Wildman–Crippen MR) is 167 cm³/mol. The van der Waals surface area contributed by atoms with Crippen molar-refractivity contribution in [1.82, 2.24) is 5.32 Å². The Labute approximate surface area is 262 Å². The fourth-order valence-electron chi connectivity index (χ4n) is 4.76. The number of nitrogens with two attached hydrogens (primary N) is 1. The van der Waals surface area contributed by atoms with E-state index in [-0.39, 0.29) is 64.8 Å². The zero-order chi connectivity index (χ0) is 33.2. The summed E-state index contributed by atoms with van der Waals surface area (Å²) in [5.41, 5.74) is 5.31. The van der Waals surface area contributed by atoms with E-state index in [1.165, 1.54) is 24.3 Å². The highest BCUT2D eigenvalue weighted by molar-refractivity contribution is 5.89. The van der Waals surface area contributed by atoms with Crippen LogP contribution in [0.5, 0.6) is 17.4 Å². The molecule has 0 radical (unpaired) electrons. The molecule has 0 aliphatic heterocycles. The molecule has 0 fully saturated rings. The number of carboxylic acid groups (broad SMARTS) is 1. The van der Waals surface area contributed by atoms with Gasteiger partial charge in [0.25, 0.3) is 5.95 Å². The third-order valence-electron chi connectivity index (χ3n) is 7.01. The van der Waals surface area contributed by atoms with Gasteiger partial charge in [0, 0.05) is 24.9 Å². The van der Waals surface area contributed by atoms with Gasteiger partial charge in [-0.2, -0.15) is 0 Å². The number of aliphatic hydroxyl groups excluding tert-OH is 1. The maximum absolute atomic E-state index is 13.2. The van der Waals surface area contributed by atoms with Crippen LogP contribution in [0.3, 0.4) is 0 Å². The average Bonchev–Trinajstić information content (AvgIpc) is 3.01. The molecule has 0 saturated carbocycles. The predicted octanol–water partition coefficient (Wildman–Crippen LogP) is 3.04. The first kappa shape index (κ1) is 33.7. The first-order chi connectivity index (χ1) is 22.1. The molecular weight excluding hydrogens is 602 g/mol. The highest BCUT2D eigenvalue weighted by Gasteiger charge is 2.23. The number of carbonyl (C=O) groups is 2. The number of carboxylic acids is 1. The highest BCUT2D eigenvalue weighted by atomic mass is 16.6. The molecule has 0 bridgehead atoms. The second kappa shape index (κ2) is 15.7. The number of amidine groups is 1. The number of hydrogen-bond donors (Lipinski definition) is 5. The largest absolute Gasteiger partial charge is 0.492 e. The van der Waals surface area contributed by atoms with E-state index < -0.39 is 41.3 Å². The summed E-state index contributed by atoms with van der Waals surface area (Å²) in [6.45, 7) is 1.37. The Morgan fingerprint density at radius 3 is 2.13 bits per heavy atom. The van der Waals surface area contributed by atoms with Crippen LogP contribution in [0, 0.1) is 11.3 Å². The summed E-state index contributed by atoms with van der Waals surface area (Å²) in [5, 5.41) is 28.8. The van der Waals surface area contributed by atoms with Crippen LogP contribution in [0.4, 0.5) is 0 Å². The number of ketones is 1. The van der Waals surface area contributed by atoms with Crippen molar-refractivity contribution in [2.45, 2.75) is 38.6 Å². The van der Waals surface area contributed by atoms with Crippen LogP contribution in [0.1, 0.15) is 43.2 Å². The van der Waals surface area contributed by atoms with Crippen LogP contribution in [0.2, 0.25) is 0 Å². The molecule has 0 saturated heterocycles. The summed E-state index contributed by atoms with van der Waals surface area (Å²) in [7, 11) is 0. The lowest BCUT2D eigenvalue weighted by molar-refractivity contribution is -0.121. The number of hydrogen-bond acceptors (Lipinski definition) is 12. The van der Waals surface area contributed by atoms with Crippen molar-refractivity contribution in [1.29, 1.82) is 5.41 Å². The number of unbranched alkanes of at least 4 members (excludes halogenated alkanes) is 1. The maximum atomic E-state index is 13.2. The normalized spacial score (nSPS) is 12.4. The van der Waals surface area contributed by atoms with Gasteiger partial charge >= 0.3 is 5.97 Å². The van der Waals surface area contributed by atoms with Crippen molar-refractivity contribution < 1.29 is 42.8 Å². The summed E-state index contributed by atoms with van der Waals surface area (Å²) < 4.78 is 27.8. The summed E-state index contributed by atoms with van der Waals surface area (Å²) in [6.07, 6.45) is 1.79. The van der Waals surface area contributed by atoms with Crippen LogP contribution in [-0.2, 0) is 4.79 Å². The molecule has 2 heterocycles. The standard InChI is InChI=1S/C32H35N3O11/c1-18(33)35-11-3-2-6-20(34)21(37)12-19(15-42-24-7-4-9-26-30(24)22(38)13-28(45-26)32(40)41)16-43-25-8-5-10-27-31(25)23(39)14-29(46-27)44-17-36/h4-5,7-10,13-14,19-20,36H,2-3,6,11-12,15-17,34H2,1H3,(H2,33,35)(H,40,41)/t19?,20-/m0/s1. The van der Waals surface area contributed by atoms with E-state index in [2.05, 4.69) is 5.32 Å². The third-order valence-corrected chi connectivity index (χ3v) is 7.01. The van der Waals surface area contributed by atoms with Crippen molar-refractivity contribution in [3.8, 4) is 17.4 Å². The number of Topliss-reactive ketones (excluding diaryl/α,β-unsaturated/α-hetero) is 1. The molecule has 4 rings (SSSR count). The molecule has 46 heavy (non-hydrogen) atoms. The highest BCUT2D eigenvalue weighted by Crippen LogP contribution is 2.28. The monoisotopic (exact) mass is 637 g/mol. The summed E-state index contributed by atoms with van der Waals surface area (Å²) in [6, 6.07) is 10.4. The number of benzene rings is 2. The van der Waals surface area contributed by atoms with Crippen molar-refractivity contribution in [3.63, 3.8) is 0 Å². The lowest BCUT2D eigenvalue weighted by Gasteiger charge is -2.20. The SMILES string of the molecule is CC(=N)NCCCC[C@H](N)C(=O)CC(COc1cccc2oc(OCO)cc(=O)c12)COc1cccc2oc(C(=O)O)cc(=O)c12. The van der Waals surface area contributed by atoms with Gasteiger partial charge in [-0.1, -0.05) is 12.1 Å². The summed E-state index contributed by atoms with van der Waals surface area (Å²) in [4.78, 5) is 50.1. The van der Waals surface area contributed by atoms with Crippen LogP contribution in [0.15, 0.2) is 67.0 Å². The number of aromatic carboxylic acids is 1. The topological polar surface area (TPSA) is 225 Å². The van der Waals surface area contributed by atoms with E-state index >= 15 is 0 Å². The Kier molecular flexibility index (Phi) is 11.5. The Morgan fingerprint density at radius 2 is 1.54 bits per heavy atom. The smallest absolute Gasteiger partial charge is 0.371 e. The van der Waals surface area contributed by atoms with Crippen molar-refractivity contribution in [2.75, 3.05) is 26.6 Å². The molecule has 2 aromatic heterocycles. The molecule has 0 aliphatic carbocycles. The maximum Gasteiger partial charge on any atom is 0.371 e. The van der Waals surface area contributed by atoms with E-state index in [4.69, 9.17) is 39.3 Å². The minimum Gasteiger partial charge on any atom is -0.492 e. The van der Waals surface area contributed by atoms with Crippen LogP contribution in [0.25, 0.3) is 21.9 Å². The van der Waals surface area contributed by atoms with Gasteiger partial charge in [-0.25, -0.2) is 4.79 Å². The molecule has 0 amide bonds. The Hall–Kier alpha value is -5.21. The van der Waals surface area contributed by atoms with Crippen LogP contribution < -0.4 is 36.1 Å². The van der Waals surface area contributed by atoms with Gasteiger partial charge < -0.3 is 44.3 Å². The molecule has 0 spiro atoms. The molecule has 1 unspecified atom stereocenters. The van der Waals surface area contributed by atoms with Gasteiger partial charge in [0.05, 0.1) is 31.2 Å². The average molecular weight is 638 g/mol. The molecule has 2 atom stereocenters. The minimum atomic E-state index is -1.39. The van der Waals surface area contributed by atoms with Crippen LogP contribution in [-0.4, -0.2) is 60.4 Å². The fraction of sp³-hybridized carbons (Fsp3) is 0.344. The van der Waals surface area contributed by atoms with E-state index in [0.717, 1.165) is 18.6 Å². The lowest BCUT2D eigenvalue weighted by Crippen LogP contribution is -2.34. The molecular formula is C32H35N3O11. The van der Waals surface area contributed by atoms with Gasteiger partial charge in [-0.05, 0) is 50.5 Å². The van der Waals surface area contributed by atoms with E-state index in [1.807, 2.05) is 0 Å². The van der Waals surface area contributed by atoms with Gasteiger partial charge in [0.1, 0.15) is 39.2 Å². The van der Waals surface area contributed by atoms with E-state index in [1.54, 1.807) is 19.1 Å². The molecule has 0 aliphatic rings. The Bertz CT molecular complexity index is 1830. The second-order valence-corrected chi connectivity index (χ2v) is 10.6. The zero-order valence-corrected chi connectivity index (χ0v) is 25.1. The Balaban J connectivity index is 1.54. The summed E-state index contributed by atoms with van der Waals surface area (Å²) in [5.74, 6) is -2.23. The first-order valence-electron chi connectivity index (χ1n) is 14.5. The molecule has 14 heteroatoms. The van der Waals surface area contributed by atoms with Gasteiger partial charge in [-0.3, -0.25) is 19.8 Å². The number of aliphatic hydroxyl groups is 1. The zero-order valence-electron chi connectivity index (χ0n) is 25.1. The number of nitrogens with one attached hydrogen (secondary N) is 2. The van der Waals surface area contributed by atoms with Gasteiger partial charge in [-0.15, -0.1) is 0 Å². The molecule has 2 aromatic carbocycles. The van der Waals surface area contributed by atoms with Crippen molar-refractivity contribution in [2.24, 2.45) is 11.7 Å². The van der Waals surface area contributed by atoms with Gasteiger partial charge in [0.2, 0.25) is 5.76 Å². The molecule has 4 aromatic rings. The van der Waals surface area contributed by atoms with Crippen molar-refractivity contribution >= 4 is 39.5 Å². The molecule has 6 N–H and O–H groups in total. The first-order valence-corrected chi connectivity index (χ1v) is 14.5. The summed E-state index contributed by atoms with van der Waals surface area (Å²) >= 11 is 0. The lowest BCUT2D eigenvalue weighted by atomic mass is 9.97. The van der Waals surface area contributed by atoms with Crippen molar-refractivity contribution in [3.05, 3.63) is 74.7 Å². The van der Waals surface area contributed by atoms with E-state index in [0.29, 0.717) is 25.2 Å². The molecule has 14 nitrogen and oxygen atoms in total. The van der Waals surface area contributed by atoms with Gasteiger partial charge in [0.15, 0.2) is 17.7 Å². The molecule has 244 valence electrons. The fourth-order valence-corrected chi connectivity index (χ4v) is 4.76. The van der Waals surface area contributed by atoms with Crippen LogP contribution >= 0.6 is 0 Å². The number of fused-ring (bicyclic) bond motifs is 2. The number of carbonyl (C=O) groups excluding carboxylic acids is 1.